The summed E-state index contributed by atoms with van der Waals surface area (Å²) < 4.78 is 4.61. The van der Waals surface area contributed by atoms with Gasteiger partial charge in [-0.2, -0.15) is 0 Å². The molecular formula is C6H7BrO3. The molecule has 1 atom stereocenters. The van der Waals surface area contributed by atoms with E-state index in [9.17, 15) is 9.59 Å². The third kappa shape index (κ3) is 1.37. The lowest BCUT2D eigenvalue weighted by Crippen LogP contribution is -2.19. The summed E-state index contributed by atoms with van der Waals surface area (Å²) >= 11 is 2.99. The largest absolute Gasteiger partial charge is 0.465 e. The Kier molecular flexibility index (Phi) is 2.43. The van der Waals surface area contributed by atoms with Crippen LogP contribution in [0.3, 0.4) is 0 Å². The number of ketones is 1. The van der Waals surface area contributed by atoms with Crippen molar-refractivity contribution in [1.29, 1.82) is 0 Å². The lowest BCUT2D eigenvalue weighted by molar-refractivity contribution is -0.143. The van der Waals surface area contributed by atoms with Crippen LogP contribution in [0.4, 0.5) is 0 Å². The number of esters is 1. The lowest BCUT2D eigenvalue weighted by atomic mass is 10.1. The van der Waals surface area contributed by atoms with Crippen molar-refractivity contribution in [2.24, 2.45) is 5.92 Å². The monoisotopic (exact) mass is 206 g/mol. The molecule has 0 amide bonds. The number of hydrogen-bond acceptors (Lipinski definition) is 3. The summed E-state index contributed by atoms with van der Waals surface area (Å²) in [5, 5.41) is 0.243. The first-order valence-corrected chi connectivity index (χ1v) is 4.13. The first-order valence-electron chi connectivity index (χ1n) is 3.01. The van der Waals surface area contributed by atoms with E-state index < -0.39 is 5.92 Å². The molecule has 3 nitrogen and oxygen atoms in total. The predicted octanol–water partition coefficient (Wildman–Crippen LogP) is 0.514. The van der Waals surface area contributed by atoms with Crippen LogP contribution in [0, 0.1) is 5.92 Å². The smallest absolute Gasteiger partial charge is 0.316 e. The summed E-state index contributed by atoms with van der Waals surface area (Å²) in [6.45, 7) is 0.391. The van der Waals surface area contributed by atoms with E-state index in [2.05, 4.69) is 20.7 Å². The van der Waals surface area contributed by atoms with Gasteiger partial charge in [-0.1, -0.05) is 15.9 Å². The van der Waals surface area contributed by atoms with Crippen LogP contribution < -0.4 is 0 Å². The predicted molar refractivity (Wildman–Crippen MR) is 37.9 cm³/mol. The van der Waals surface area contributed by atoms with Gasteiger partial charge < -0.3 is 4.74 Å². The average Bonchev–Trinajstić information content (AvgIpc) is 2.34. The van der Waals surface area contributed by atoms with Crippen LogP contribution in [0.5, 0.6) is 0 Å². The Morgan fingerprint density at radius 1 is 1.80 bits per heavy atom. The number of rotatable bonds is 2. The van der Waals surface area contributed by atoms with Gasteiger partial charge >= 0.3 is 5.97 Å². The average molecular weight is 207 g/mol. The van der Waals surface area contributed by atoms with Crippen LogP contribution in [0.1, 0.15) is 6.42 Å². The van der Waals surface area contributed by atoms with Crippen LogP contribution in [0.2, 0.25) is 0 Å². The molecule has 4 heteroatoms. The van der Waals surface area contributed by atoms with Crippen molar-refractivity contribution in [2.75, 3.05) is 11.9 Å². The standard InChI is InChI=1S/C6H7BrO3/c7-3-5(8)4-1-2-10-6(4)9/h4H,1-3H2. The number of carbonyl (C=O) groups excluding carboxylic acids is 2. The second-order valence-corrected chi connectivity index (χ2v) is 2.67. The fourth-order valence-electron chi connectivity index (χ4n) is 0.881. The number of hydrogen-bond donors (Lipinski definition) is 0. The van der Waals surface area contributed by atoms with Gasteiger partial charge in [0.2, 0.25) is 0 Å². The van der Waals surface area contributed by atoms with E-state index >= 15 is 0 Å². The Labute approximate surface area is 66.9 Å². The van der Waals surface area contributed by atoms with E-state index in [1.165, 1.54) is 0 Å². The molecule has 0 radical (unpaired) electrons. The van der Waals surface area contributed by atoms with Gasteiger partial charge in [-0.05, 0) is 0 Å². The SMILES string of the molecule is O=C(CBr)C1CCOC1=O. The summed E-state index contributed by atoms with van der Waals surface area (Å²) in [5.74, 6) is -0.952. The maximum atomic E-state index is 10.9. The fraction of sp³-hybridized carbons (Fsp3) is 0.667. The maximum absolute atomic E-state index is 10.9. The van der Waals surface area contributed by atoms with Crippen molar-refractivity contribution >= 4 is 27.7 Å². The number of ether oxygens (including phenoxy) is 1. The molecule has 1 saturated heterocycles. The molecule has 0 spiro atoms. The molecule has 0 saturated carbocycles. The minimum atomic E-state index is -0.501. The molecule has 1 heterocycles. The van der Waals surface area contributed by atoms with Crippen molar-refractivity contribution in [1.82, 2.24) is 0 Å². The topological polar surface area (TPSA) is 43.4 Å². The summed E-state index contributed by atoms with van der Waals surface area (Å²) in [5.41, 5.74) is 0. The van der Waals surface area contributed by atoms with Crippen LogP contribution in [0.15, 0.2) is 0 Å². The molecule has 10 heavy (non-hydrogen) atoms. The van der Waals surface area contributed by atoms with E-state index in [1.807, 2.05) is 0 Å². The third-order valence-electron chi connectivity index (χ3n) is 1.46. The Morgan fingerprint density at radius 3 is 2.90 bits per heavy atom. The fourth-order valence-corrected chi connectivity index (χ4v) is 1.27. The van der Waals surface area contributed by atoms with E-state index in [4.69, 9.17) is 0 Å². The van der Waals surface area contributed by atoms with Crippen molar-refractivity contribution in [3.63, 3.8) is 0 Å². The van der Waals surface area contributed by atoms with Crippen LogP contribution >= 0.6 is 15.9 Å². The van der Waals surface area contributed by atoms with E-state index in [0.717, 1.165) is 0 Å². The summed E-state index contributed by atoms with van der Waals surface area (Å²) in [7, 11) is 0. The van der Waals surface area contributed by atoms with E-state index in [0.29, 0.717) is 13.0 Å². The van der Waals surface area contributed by atoms with Crippen molar-refractivity contribution < 1.29 is 14.3 Å². The number of cyclic esters (lactones) is 1. The Hall–Kier alpha value is -0.380. The Morgan fingerprint density at radius 2 is 2.50 bits per heavy atom. The molecule has 0 aromatic rings. The highest BCUT2D eigenvalue weighted by Crippen LogP contribution is 2.15. The highest BCUT2D eigenvalue weighted by atomic mass is 79.9. The molecule has 0 aromatic heterocycles. The third-order valence-corrected chi connectivity index (χ3v) is 2.01. The molecule has 0 bridgehead atoms. The molecule has 1 rings (SSSR count). The molecule has 56 valence electrons. The zero-order valence-corrected chi connectivity index (χ0v) is 6.89. The highest BCUT2D eigenvalue weighted by Gasteiger charge is 2.31. The maximum Gasteiger partial charge on any atom is 0.316 e. The van der Waals surface area contributed by atoms with Gasteiger partial charge in [-0.15, -0.1) is 0 Å². The first-order chi connectivity index (χ1) is 4.75. The minimum Gasteiger partial charge on any atom is -0.465 e. The number of alkyl halides is 1. The van der Waals surface area contributed by atoms with Gasteiger partial charge in [-0.3, -0.25) is 9.59 Å². The minimum absolute atomic E-state index is 0.0810. The van der Waals surface area contributed by atoms with Crippen LogP contribution in [-0.4, -0.2) is 23.7 Å². The molecule has 1 fully saturated rings. The zero-order chi connectivity index (χ0) is 7.56. The van der Waals surface area contributed by atoms with Crippen LogP contribution in [-0.2, 0) is 14.3 Å². The second kappa shape index (κ2) is 3.14. The lowest BCUT2D eigenvalue weighted by Gasteiger charge is -1.98. The van der Waals surface area contributed by atoms with E-state index in [-0.39, 0.29) is 17.1 Å². The molecule has 0 aliphatic carbocycles. The Bertz CT molecular complexity index is 166. The quantitative estimate of drug-likeness (QED) is 0.376. The Balaban J connectivity index is 2.55. The van der Waals surface area contributed by atoms with Gasteiger partial charge in [0.1, 0.15) is 5.92 Å². The highest BCUT2D eigenvalue weighted by molar-refractivity contribution is 9.09. The van der Waals surface area contributed by atoms with E-state index in [1.54, 1.807) is 0 Å². The van der Waals surface area contributed by atoms with Gasteiger partial charge in [0.25, 0.3) is 0 Å². The van der Waals surface area contributed by atoms with Crippen molar-refractivity contribution in [2.45, 2.75) is 6.42 Å². The second-order valence-electron chi connectivity index (χ2n) is 2.11. The number of Topliss-reactive ketones (excluding diaryl/α,β-unsaturated/α-hetero) is 1. The number of carbonyl (C=O) groups is 2. The molecule has 0 N–H and O–H groups in total. The molecule has 1 aliphatic heterocycles. The number of halogens is 1. The van der Waals surface area contributed by atoms with Crippen molar-refractivity contribution in [3.05, 3.63) is 0 Å². The van der Waals surface area contributed by atoms with Gasteiger partial charge in [0, 0.05) is 6.42 Å². The van der Waals surface area contributed by atoms with Gasteiger partial charge in [-0.25, -0.2) is 0 Å². The van der Waals surface area contributed by atoms with Gasteiger partial charge in [0.15, 0.2) is 5.78 Å². The molecule has 1 unspecified atom stereocenters. The summed E-state index contributed by atoms with van der Waals surface area (Å²) in [6, 6.07) is 0. The first kappa shape index (κ1) is 7.72. The molecule has 1 aliphatic rings. The molecule has 0 aromatic carbocycles. The summed E-state index contributed by atoms with van der Waals surface area (Å²) in [6.07, 6.45) is 0.545. The van der Waals surface area contributed by atoms with Gasteiger partial charge in [0.05, 0.1) is 11.9 Å². The summed E-state index contributed by atoms with van der Waals surface area (Å²) in [4.78, 5) is 21.6. The zero-order valence-electron chi connectivity index (χ0n) is 5.30. The van der Waals surface area contributed by atoms with Crippen molar-refractivity contribution in [3.8, 4) is 0 Å². The molecular weight excluding hydrogens is 200 g/mol. The normalized spacial score (nSPS) is 24.5. The van der Waals surface area contributed by atoms with Crippen LogP contribution in [0.25, 0.3) is 0 Å².